The molecule has 1 heterocycles. The average Bonchev–Trinajstić information content (AvgIpc) is 2.82. The van der Waals surface area contributed by atoms with E-state index in [1.54, 1.807) is 0 Å². The second-order valence-corrected chi connectivity index (χ2v) is 4.28. The van der Waals surface area contributed by atoms with Crippen LogP contribution in [-0.4, -0.2) is 19.6 Å². The van der Waals surface area contributed by atoms with Gasteiger partial charge in [-0.3, -0.25) is 20.2 Å². The number of hydrogen-bond acceptors (Lipinski definition) is 5. The number of nitro groups is 2. The first-order valence-corrected chi connectivity index (χ1v) is 5.68. The first kappa shape index (κ1) is 15.4. The fourth-order valence-electron chi connectivity index (χ4n) is 1.82. The van der Waals surface area contributed by atoms with E-state index < -0.39 is 38.6 Å². The van der Waals surface area contributed by atoms with Crippen LogP contribution in [0.5, 0.6) is 0 Å². The van der Waals surface area contributed by atoms with Gasteiger partial charge in [0.25, 0.3) is 0 Å². The van der Waals surface area contributed by atoms with Crippen LogP contribution in [0.2, 0.25) is 0 Å². The van der Waals surface area contributed by atoms with Gasteiger partial charge in [0.05, 0.1) is 21.1 Å². The van der Waals surface area contributed by atoms with Gasteiger partial charge in [-0.25, -0.2) is 4.68 Å². The van der Waals surface area contributed by atoms with Gasteiger partial charge < -0.3 is 0 Å². The molecule has 0 atom stereocenters. The normalized spacial score (nSPS) is 11.5. The summed E-state index contributed by atoms with van der Waals surface area (Å²) in [6, 6.07) is 1.91. The second kappa shape index (κ2) is 5.09. The van der Waals surface area contributed by atoms with Crippen molar-refractivity contribution in [3.05, 3.63) is 55.9 Å². The molecule has 116 valence electrons. The maximum Gasteiger partial charge on any atom is 0.416 e. The molecule has 0 fully saturated rings. The molecule has 8 nitrogen and oxygen atoms in total. The highest BCUT2D eigenvalue weighted by Gasteiger charge is 2.38. The number of rotatable bonds is 3. The molecular weight excluding hydrogens is 309 g/mol. The summed E-state index contributed by atoms with van der Waals surface area (Å²) in [5.74, 6) is 0. The molecule has 0 saturated heterocycles. The topological polar surface area (TPSA) is 104 Å². The summed E-state index contributed by atoms with van der Waals surface area (Å²) in [6.07, 6.45) is -3.76. The number of aryl methyl sites for hydroxylation is 1. The first-order valence-electron chi connectivity index (χ1n) is 5.68. The largest absolute Gasteiger partial charge is 0.416 e. The van der Waals surface area contributed by atoms with E-state index in [1.807, 2.05) is 0 Å². The van der Waals surface area contributed by atoms with Gasteiger partial charge in [0.2, 0.25) is 5.69 Å². The van der Waals surface area contributed by atoms with E-state index in [0.29, 0.717) is 5.69 Å². The van der Waals surface area contributed by atoms with Crippen molar-refractivity contribution in [3.8, 4) is 5.69 Å². The van der Waals surface area contributed by atoms with Crippen LogP contribution in [0.1, 0.15) is 11.3 Å². The van der Waals surface area contributed by atoms with Crippen molar-refractivity contribution >= 4 is 11.4 Å². The predicted molar refractivity (Wildman–Crippen MR) is 66.6 cm³/mol. The van der Waals surface area contributed by atoms with E-state index in [9.17, 15) is 33.4 Å². The van der Waals surface area contributed by atoms with Crippen LogP contribution in [0.15, 0.2) is 24.4 Å². The minimum atomic E-state index is -4.95. The third kappa shape index (κ3) is 2.73. The number of benzene rings is 1. The fourth-order valence-corrected chi connectivity index (χ4v) is 1.82. The quantitative estimate of drug-likeness (QED) is 0.639. The van der Waals surface area contributed by atoms with Crippen molar-refractivity contribution in [1.29, 1.82) is 0 Å². The van der Waals surface area contributed by atoms with E-state index in [2.05, 4.69) is 5.10 Å². The highest BCUT2D eigenvalue weighted by atomic mass is 19.4. The Hall–Kier alpha value is -2.98. The molecule has 0 bridgehead atoms. The number of nitrogens with zero attached hydrogens (tertiary/aromatic N) is 4. The Labute approximate surface area is 120 Å². The fraction of sp³-hybridized carbons (Fsp3) is 0.182. The molecule has 0 N–H and O–H groups in total. The Morgan fingerprint density at radius 2 is 1.64 bits per heavy atom. The summed E-state index contributed by atoms with van der Waals surface area (Å²) < 4.78 is 39.0. The summed E-state index contributed by atoms with van der Waals surface area (Å²) in [5.41, 5.74) is -3.81. The number of alkyl halides is 3. The summed E-state index contributed by atoms with van der Waals surface area (Å²) in [7, 11) is 0. The Kier molecular flexibility index (Phi) is 3.57. The smallest absolute Gasteiger partial charge is 0.258 e. The van der Waals surface area contributed by atoms with Crippen LogP contribution in [0, 0.1) is 27.2 Å². The third-order valence-electron chi connectivity index (χ3n) is 2.74. The van der Waals surface area contributed by atoms with Gasteiger partial charge in [-0.2, -0.15) is 18.3 Å². The van der Waals surface area contributed by atoms with Crippen LogP contribution < -0.4 is 0 Å². The lowest BCUT2D eigenvalue weighted by molar-refractivity contribution is -0.394. The van der Waals surface area contributed by atoms with Crippen molar-refractivity contribution in [2.75, 3.05) is 0 Å². The summed E-state index contributed by atoms with van der Waals surface area (Å²) >= 11 is 0. The number of aromatic nitrogens is 2. The zero-order valence-electron chi connectivity index (χ0n) is 10.9. The summed E-state index contributed by atoms with van der Waals surface area (Å²) in [4.78, 5) is 19.8. The second-order valence-electron chi connectivity index (χ2n) is 4.28. The van der Waals surface area contributed by atoms with Crippen molar-refractivity contribution in [3.63, 3.8) is 0 Å². The molecule has 0 aliphatic heterocycles. The molecule has 0 aliphatic carbocycles. The first-order chi connectivity index (χ1) is 10.1. The maximum absolute atomic E-state index is 12.7. The molecular formula is C11H7F3N4O4. The Morgan fingerprint density at radius 1 is 1.14 bits per heavy atom. The van der Waals surface area contributed by atoms with Crippen LogP contribution >= 0.6 is 0 Å². The third-order valence-corrected chi connectivity index (χ3v) is 2.74. The number of halogens is 3. The van der Waals surface area contributed by atoms with Crippen molar-refractivity contribution in [2.24, 2.45) is 0 Å². The lowest BCUT2D eigenvalue weighted by Gasteiger charge is -2.09. The standard InChI is InChI=1S/C11H7F3N4O4/c1-6-2-3-16(15-6)10-8(17(19)20)4-7(11(12,13)14)5-9(10)18(21)22/h2-5H,1H3. The monoisotopic (exact) mass is 316 g/mol. The van der Waals surface area contributed by atoms with Gasteiger partial charge in [0, 0.05) is 18.3 Å². The van der Waals surface area contributed by atoms with E-state index in [0.717, 1.165) is 4.68 Å². The van der Waals surface area contributed by atoms with Crippen molar-refractivity contribution in [2.45, 2.75) is 13.1 Å². The van der Waals surface area contributed by atoms with E-state index >= 15 is 0 Å². The highest BCUT2D eigenvalue weighted by Crippen LogP contribution is 2.39. The Balaban J connectivity index is 2.86. The average molecular weight is 316 g/mol. The summed E-state index contributed by atoms with van der Waals surface area (Å²) in [5, 5.41) is 25.8. The van der Waals surface area contributed by atoms with Gasteiger partial charge in [-0.1, -0.05) is 0 Å². The van der Waals surface area contributed by atoms with Crippen LogP contribution in [0.4, 0.5) is 24.5 Å². The van der Waals surface area contributed by atoms with Crippen LogP contribution in [0.25, 0.3) is 5.69 Å². The summed E-state index contributed by atoms with van der Waals surface area (Å²) in [6.45, 7) is 1.53. The molecule has 0 aliphatic rings. The zero-order valence-corrected chi connectivity index (χ0v) is 10.9. The molecule has 0 spiro atoms. The number of hydrogen-bond donors (Lipinski definition) is 0. The molecule has 0 unspecified atom stereocenters. The molecule has 0 radical (unpaired) electrons. The molecule has 22 heavy (non-hydrogen) atoms. The molecule has 2 rings (SSSR count). The molecule has 0 saturated carbocycles. The van der Waals surface area contributed by atoms with Gasteiger partial charge in [0.1, 0.15) is 0 Å². The van der Waals surface area contributed by atoms with Gasteiger partial charge in [-0.05, 0) is 13.0 Å². The number of nitro benzene ring substituents is 2. The van der Waals surface area contributed by atoms with Crippen molar-refractivity contribution in [1.82, 2.24) is 9.78 Å². The van der Waals surface area contributed by atoms with Crippen molar-refractivity contribution < 1.29 is 23.0 Å². The van der Waals surface area contributed by atoms with Crippen LogP contribution in [0.3, 0.4) is 0 Å². The minimum absolute atomic E-state index is 0.249. The highest BCUT2D eigenvalue weighted by molar-refractivity contribution is 5.67. The van der Waals surface area contributed by atoms with Gasteiger partial charge in [-0.15, -0.1) is 0 Å². The minimum Gasteiger partial charge on any atom is -0.258 e. The van der Waals surface area contributed by atoms with Gasteiger partial charge >= 0.3 is 17.6 Å². The lowest BCUT2D eigenvalue weighted by atomic mass is 10.1. The Bertz CT molecular complexity index is 734. The molecule has 0 amide bonds. The van der Waals surface area contributed by atoms with E-state index in [4.69, 9.17) is 0 Å². The molecule has 11 heteroatoms. The van der Waals surface area contributed by atoms with E-state index in [1.165, 1.54) is 19.2 Å². The van der Waals surface area contributed by atoms with Crippen LogP contribution in [-0.2, 0) is 6.18 Å². The molecule has 1 aromatic carbocycles. The SMILES string of the molecule is Cc1ccn(-c2c([N+](=O)[O-])cc(C(F)(F)F)cc2[N+](=O)[O-])n1. The van der Waals surface area contributed by atoms with Gasteiger partial charge in [0.15, 0.2) is 0 Å². The Morgan fingerprint density at radius 3 is 1.95 bits per heavy atom. The zero-order chi connectivity index (χ0) is 16.7. The van der Waals surface area contributed by atoms with E-state index in [-0.39, 0.29) is 12.1 Å². The predicted octanol–water partition coefficient (Wildman–Crippen LogP) is 3.02. The molecule has 1 aromatic heterocycles. The maximum atomic E-state index is 12.7. The lowest BCUT2D eigenvalue weighted by Crippen LogP contribution is -2.11. The molecule has 2 aromatic rings.